The Labute approximate surface area is 89.6 Å². The van der Waals surface area contributed by atoms with E-state index in [1.54, 1.807) is 0 Å². The molecule has 2 heteroatoms. The largest absolute Gasteiger partial charge is 0.272 e. The summed E-state index contributed by atoms with van der Waals surface area (Å²) in [6, 6.07) is 7.93. The second-order valence-corrected chi connectivity index (χ2v) is 3.31. The molecule has 74 valence electrons. The average molecular weight is 196 g/mol. The molecule has 0 spiro atoms. The van der Waals surface area contributed by atoms with Crippen LogP contribution in [0.2, 0.25) is 0 Å². The lowest BCUT2D eigenvalue weighted by Gasteiger charge is -1.97. The van der Waals surface area contributed by atoms with Gasteiger partial charge in [-0.1, -0.05) is 18.1 Å². The van der Waals surface area contributed by atoms with E-state index in [1.807, 2.05) is 41.3 Å². The first-order chi connectivity index (χ1) is 7.33. The Kier molecular flexibility index (Phi) is 2.55. The van der Waals surface area contributed by atoms with Crippen molar-refractivity contribution in [3.05, 3.63) is 42.2 Å². The van der Waals surface area contributed by atoms with Gasteiger partial charge in [0.25, 0.3) is 0 Å². The normalized spacial score (nSPS) is 9.87. The van der Waals surface area contributed by atoms with Crippen LogP contribution in [0, 0.1) is 12.3 Å². The van der Waals surface area contributed by atoms with E-state index >= 15 is 0 Å². The quantitative estimate of drug-likeness (QED) is 0.675. The lowest BCUT2D eigenvalue weighted by Crippen LogP contribution is -1.91. The maximum absolute atomic E-state index is 5.30. The zero-order chi connectivity index (χ0) is 10.7. The van der Waals surface area contributed by atoms with E-state index in [1.165, 1.54) is 0 Å². The topological polar surface area (TPSA) is 17.8 Å². The van der Waals surface area contributed by atoms with Crippen LogP contribution in [0.4, 0.5) is 0 Å². The number of hydrogen-bond donors (Lipinski definition) is 0. The maximum atomic E-state index is 5.30. The molecule has 0 aliphatic rings. The molecule has 15 heavy (non-hydrogen) atoms. The summed E-state index contributed by atoms with van der Waals surface area (Å²) in [7, 11) is 0. The fourth-order valence-electron chi connectivity index (χ4n) is 1.44. The van der Waals surface area contributed by atoms with Crippen LogP contribution in [0.5, 0.6) is 0 Å². The van der Waals surface area contributed by atoms with Crippen LogP contribution >= 0.6 is 0 Å². The SMILES string of the molecule is C#Cc1ccc(-c2cnn(CC)c2)cc1. The summed E-state index contributed by atoms with van der Waals surface area (Å²) >= 11 is 0. The predicted octanol–water partition coefficient (Wildman–Crippen LogP) is 2.55. The molecular formula is C13H12N2. The Bertz CT molecular complexity index is 486. The standard InChI is InChI=1S/C13H12N2/c1-3-11-5-7-12(8-6-11)13-9-14-15(4-2)10-13/h1,5-10H,4H2,2H3. The highest BCUT2D eigenvalue weighted by Gasteiger charge is 2.00. The smallest absolute Gasteiger partial charge is 0.0568 e. The highest BCUT2D eigenvalue weighted by atomic mass is 15.3. The monoisotopic (exact) mass is 196 g/mol. The van der Waals surface area contributed by atoms with E-state index in [4.69, 9.17) is 6.42 Å². The van der Waals surface area contributed by atoms with Gasteiger partial charge >= 0.3 is 0 Å². The van der Waals surface area contributed by atoms with Crippen molar-refractivity contribution in [1.29, 1.82) is 0 Å². The third kappa shape index (κ3) is 1.92. The molecule has 1 aromatic carbocycles. The number of rotatable bonds is 2. The van der Waals surface area contributed by atoms with Crippen molar-refractivity contribution >= 4 is 0 Å². The minimum absolute atomic E-state index is 0.891. The number of benzene rings is 1. The highest BCUT2D eigenvalue weighted by molar-refractivity contribution is 5.62. The highest BCUT2D eigenvalue weighted by Crippen LogP contribution is 2.18. The van der Waals surface area contributed by atoms with E-state index in [2.05, 4.69) is 17.9 Å². The van der Waals surface area contributed by atoms with Gasteiger partial charge in [-0.15, -0.1) is 6.42 Å². The summed E-state index contributed by atoms with van der Waals surface area (Å²) in [5, 5.41) is 4.23. The summed E-state index contributed by atoms with van der Waals surface area (Å²) < 4.78 is 1.91. The first kappa shape index (κ1) is 9.54. The number of aryl methyl sites for hydroxylation is 1. The van der Waals surface area contributed by atoms with Crippen molar-refractivity contribution in [2.75, 3.05) is 0 Å². The van der Waals surface area contributed by atoms with Crippen LogP contribution in [0.25, 0.3) is 11.1 Å². The fraction of sp³-hybridized carbons (Fsp3) is 0.154. The predicted molar refractivity (Wildman–Crippen MR) is 61.3 cm³/mol. The van der Waals surface area contributed by atoms with Gasteiger partial charge in [-0.05, 0) is 24.6 Å². The minimum atomic E-state index is 0.891. The van der Waals surface area contributed by atoms with Crippen LogP contribution in [0.3, 0.4) is 0 Å². The molecule has 1 heterocycles. The summed E-state index contributed by atoms with van der Waals surface area (Å²) in [6.07, 6.45) is 9.20. The Morgan fingerprint density at radius 3 is 2.53 bits per heavy atom. The first-order valence-corrected chi connectivity index (χ1v) is 4.93. The van der Waals surface area contributed by atoms with Crippen LogP contribution in [0.1, 0.15) is 12.5 Å². The number of hydrogen-bond acceptors (Lipinski definition) is 1. The molecular weight excluding hydrogens is 184 g/mol. The van der Waals surface area contributed by atoms with E-state index < -0.39 is 0 Å². The number of aromatic nitrogens is 2. The molecule has 2 aromatic rings. The first-order valence-electron chi connectivity index (χ1n) is 4.93. The van der Waals surface area contributed by atoms with Crippen molar-refractivity contribution in [1.82, 2.24) is 9.78 Å². The van der Waals surface area contributed by atoms with Gasteiger partial charge in [-0.3, -0.25) is 4.68 Å². The number of terminal acetylenes is 1. The summed E-state index contributed by atoms with van der Waals surface area (Å²) in [6.45, 7) is 2.96. The van der Waals surface area contributed by atoms with Crippen LogP contribution in [0.15, 0.2) is 36.7 Å². The van der Waals surface area contributed by atoms with Crippen molar-refractivity contribution < 1.29 is 0 Å². The molecule has 0 amide bonds. The van der Waals surface area contributed by atoms with Crippen LogP contribution in [-0.2, 0) is 6.54 Å². The molecule has 1 aromatic heterocycles. The molecule has 0 fully saturated rings. The van der Waals surface area contributed by atoms with E-state index in [0.29, 0.717) is 0 Å². The fourth-order valence-corrected chi connectivity index (χ4v) is 1.44. The van der Waals surface area contributed by atoms with E-state index in [0.717, 1.165) is 23.2 Å². The summed E-state index contributed by atoms with van der Waals surface area (Å²) in [5.74, 6) is 2.60. The molecule has 0 N–H and O–H groups in total. The number of nitrogens with zero attached hydrogens (tertiary/aromatic N) is 2. The van der Waals surface area contributed by atoms with Gasteiger partial charge in [0, 0.05) is 23.9 Å². The van der Waals surface area contributed by atoms with Gasteiger partial charge in [0.15, 0.2) is 0 Å². The molecule has 0 saturated carbocycles. The molecule has 2 rings (SSSR count). The van der Waals surface area contributed by atoms with Gasteiger partial charge in [0.2, 0.25) is 0 Å². The van der Waals surface area contributed by atoms with Crippen LogP contribution in [-0.4, -0.2) is 9.78 Å². The van der Waals surface area contributed by atoms with Gasteiger partial charge < -0.3 is 0 Å². The Hall–Kier alpha value is -2.01. The second-order valence-electron chi connectivity index (χ2n) is 3.31. The molecule has 0 unspecified atom stereocenters. The van der Waals surface area contributed by atoms with Gasteiger partial charge in [0.05, 0.1) is 6.20 Å². The van der Waals surface area contributed by atoms with Crippen LogP contribution < -0.4 is 0 Å². The lowest BCUT2D eigenvalue weighted by atomic mass is 10.1. The van der Waals surface area contributed by atoms with Gasteiger partial charge in [-0.2, -0.15) is 5.10 Å². The molecule has 0 aliphatic heterocycles. The van der Waals surface area contributed by atoms with Crippen molar-refractivity contribution in [3.63, 3.8) is 0 Å². The summed E-state index contributed by atoms with van der Waals surface area (Å²) in [4.78, 5) is 0. The van der Waals surface area contributed by atoms with Crippen molar-refractivity contribution in [2.45, 2.75) is 13.5 Å². The average Bonchev–Trinajstić information content (AvgIpc) is 2.78. The van der Waals surface area contributed by atoms with Crippen molar-refractivity contribution in [3.8, 4) is 23.5 Å². The van der Waals surface area contributed by atoms with E-state index in [-0.39, 0.29) is 0 Å². The molecule has 0 aliphatic carbocycles. The third-order valence-electron chi connectivity index (χ3n) is 2.34. The zero-order valence-electron chi connectivity index (χ0n) is 8.64. The zero-order valence-corrected chi connectivity index (χ0v) is 8.64. The Morgan fingerprint density at radius 2 is 2.00 bits per heavy atom. The van der Waals surface area contributed by atoms with Gasteiger partial charge in [-0.25, -0.2) is 0 Å². The molecule has 0 saturated heterocycles. The van der Waals surface area contributed by atoms with Crippen molar-refractivity contribution in [2.24, 2.45) is 0 Å². The molecule has 2 nitrogen and oxygen atoms in total. The Morgan fingerprint density at radius 1 is 1.27 bits per heavy atom. The lowest BCUT2D eigenvalue weighted by molar-refractivity contribution is 0.660. The maximum Gasteiger partial charge on any atom is 0.0568 e. The second kappa shape index (κ2) is 4.02. The molecule has 0 bridgehead atoms. The third-order valence-corrected chi connectivity index (χ3v) is 2.34. The van der Waals surface area contributed by atoms with E-state index in [9.17, 15) is 0 Å². The van der Waals surface area contributed by atoms with Gasteiger partial charge in [0.1, 0.15) is 0 Å². The molecule has 0 radical (unpaired) electrons. The molecule has 0 atom stereocenters. The minimum Gasteiger partial charge on any atom is -0.272 e. The Balaban J connectivity index is 2.33. The summed E-state index contributed by atoms with van der Waals surface area (Å²) in [5.41, 5.74) is 3.18.